The number of amides is 2. The van der Waals surface area contributed by atoms with E-state index in [-0.39, 0.29) is 25.2 Å². The quantitative estimate of drug-likeness (QED) is 0.391. The first-order chi connectivity index (χ1) is 18.5. The number of hydrogen-bond acceptors (Lipinski definition) is 5. The lowest BCUT2D eigenvalue weighted by Crippen LogP contribution is -2.59. The van der Waals surface area contributed by atoms with Crippen molar-refractivity contribution in [2.45, 2.75) is 31.5 Å². The molecule has 198 valence electrons. The molecule has 0 saturated carbocycles. The van der Waals surface area contributed by atoms with Crippen LogP contribution >= 0.6 is 0 Å². The van der Waals surface area contributed by atoms with E-state index in [1.807, 2.05) is 48.5 Å². The Morgan fingerprint density at radius 2 is 1.68 bits per heavy atom. The van der Waals surface area contributed by atoms with Gasteiger partial charge in [-0.25, -0.2) is 4.79 Å². The number of nitrogens with zero attached hydrogens (tertiary/aromatic N) is 2. The molecule has 1 unspecified atom stereocenters. The minimum Gasteiger partial charge on any atom is -0.484 e. The molecular formula is C30H33N3O5. The molecule has 3 aliphatic heterocycles. The topological polar surface area (TPSA) is 102 Å². The van der Waals surface area contributed by atoms with Gasteiger partial charge in [-0.3, -0.25) is 9.69 Å². The van der Waals surface area contributed by atoms with E-state index in [0.29, 0.717) is 17.4 Å². The molecule has 8 nitrogen and oxygen atoms in total. The lowest BCUT2D eigenvalue weighted by Gasteiger charge is -2.50. The normalized spacial score (nSPS) is 20.9. The van der Waals surface area contributed by atoms with Crippen LogP contribution in [-0.2, 0) is 11.4 Å². The van der Waals surface area contributed by atoms with Crippen molar-refractivity contribution < 1.29 is 24.5 Å². The number of aliphatic hydroxyl groups excluding tert-OH is 1. The lowest BCUT2D eigenvalue weighted by atomic mass is 9.81. The lowest BCUT2D eigenvalue weighted by molar-refractivity contribution is -0.118. The van der Waals surface area contributed by atoms with E-state index in [9.17, 15) is 19.8 Å². The standard InChI is InChI=1S/C30H33N3O5/c34-19-21-9-11-25(12-10-21)31-28(35)20-38-26-8-4-7-24(17-26)29(23-5-2-1-3-6-23)33(30(36)37)27-18-32-15-13-22(27)14-16-32/h1-12,17,22,27,29,34H,13-16,18-20H2,(H,31,35)(H,36,37)/t27-,29?/m0/s1. The maximum absolute atomic E-state index is 12.8. The SMILES string of the molecule is O=C(COc1cccc(C(c2ccccc2)N(C(=O)O)[C@H]2CN3CCC2CC3)c1)Nc1ccc(CO)cc1. The number of carbonyl (C=O) groups excluding carboxylic acids is 1. The summed E-state index contributed by atoms with van der Waals surface area (Å²) < 4.78 is 5.82. The number of rotatable bonds is 9. The van der Waals surface area contributed by atoms with Gasteiger partial charge in [0.2, 0.25) is 0 Å². The molecule has 0 spiro atoms. The molecule has 0 radical (unpaired) electrons. The van der Waals surface area contributed by atoms with Crippen molar-refractivity contribution in [3.8, 4) is 5.75 Å². The van der Waals surface area contributed by atoms with Gasteiger partial charge in [0.05, 0.1) is 18.7 Å². The number of fused-ring (bicyclic) bond motifs is 3. The molecule has 3 heterocycles. The van der Waals surface area contributed by atoms with Gasteiger partial charge in [0.25, 0.3) is 5.91 Å². The smallest absolute Gasteiger partial charge is 0.408 e. The Hall–Kier alpha value is -3.88. The molecule has 0 aromatic heterocycles. The molecule has 0 aliphatic carbocycles. The fourth-order valence-corrected chi connectivity index (χ4v) is 5.66. The number of ether oxygens (including phenoxy) is 1. The van der Waals surface area contributed by atoms with Crippen molar-refractivity contribution in [3.63, 3.8) is 0 Å². The zero-order valence-corrected chi connectivity index (χ0v) is 21.2. The van der Waals surface area contributed by atoms with Crippen LogP contribution in [0.25, 0.3) is 0 Å². The number of carboxylic acid groups (broad SMARTS) is 1. The van der Waals surface area contributed by atoms with Gasteiger partial charge in [0.1, 0.15) is 5.75 Å². The largest absolute Gasteiger partial charge is 0.484 e. The summed E-state index contributed by atoms with van der Waals surface area (Å²) in [5, 5.41) is 22.4. The second kappa shape index (κ2) is 11.7. The Balaban J connectivity index is 1.36. The molecule has 3 N–H and O–H groups in total. The number of anilines is 1. The molecule has 3 fully saturated rings. The van der Waals surface area contributed by atoms with E-state index in [1.54, 1.807) is 35.2 Å². The number of aliphatic hydroxyl groups is 1. The zero-order valence-electron chi connectivity index (χ0n) is 21.2. The highest BCUT2D eigenvalue weighted by Crippen LogP contribution is 2.39. The average molecular weight is 516 g/mol. The molecule has 2 atom stereocenters. The number of piperidine rings is 3. The maximum Gasteiger partial charge on any atom is 0.408 e. The summed E-state index contributed by atoms with van der Waals surface area (Å²) in [7, 11) is 0. The number of benzene rings is 3. The number of nitrogens with one attached hydrogen (secondary N) is 1. The van der Waals surface area contributed by atoms with Crippen molar-refractivity contribution in [2.24, 2.45) is 5.92 Å². The van der Waals surface area contributed by atoms with Crippen molar-refractivity contribution in [2.75, 3.05) is 31.6 Å². The number of hydrogen-bond donors (Lipinski definition) is 3. The molecular weight excluding hydrogens is 482 g/mol. The first-order valence-electron chi connectivity index (χ1n) is 13.0. The summed E-state index contributed by atoms with van der Waals surface area (Å²) in [4.78, 5) is 29.3. The highest BCUT2D eigenvalue weighted by molar-refractivity contribution is 5.91. The van der Waals surface area contributed by atoms with Crippen LogP contribution in [0.1, 0.15) is 35.6 Å². The van der Waals surface area contributed by atoms with Gasteiger partial charge >= 0.3 is 6.09 Å². The van der Waals surface area contributed by atoms with Gasteiger partial charge in [0, 0.05) is 12.2 Å². The van der Waals surface area contributed by atoms with Gasteiger partial charge in [0.15, 0.2) is 6.61 Å². The fraction of sp³-hybridized carbons (Fsp3) is 0.333. The van der Waals surface area contributed by atoms with Crippen molar-refractivity contribution in [1.29, 1.82) is 0 Å². The third-order valence-corrected chi connectivity index (χ3v) is 7.56. The third kappa shape index (κ3) is 5.82. The fourth-order valence-electron chi connectivity index (χ4n) is 5.66. The molecule has 3 saturated heterocycles. The van der Waals surface area contributed by atoms with Crippen LogP contribution in [0, 0.1) is 5.92 Å². The predicted molar refractivity (Wildman–Crippen MR) is 144 cm³/mol. The summed E-state index contributed by atoms with van der Waals surface area (Å²) in [6, 6.07) is 23.4. The molecule has 3 aromatic rings. The van der Waals surface area contributed by atoms with E-state index in [2.05, 4.69) is 10.2 Å². The van der Waals surface area contributed by atoms with Crippen LogP contribution in [0.5, 0.6) is 5.75 Å². The second-order valence-corrected chi connectivity index (χ2v) is 9.97. The number of carbonyl (C=O) groups is 2. The molecule has 3 aliphatic rings. The van der Waals surface area contributed by atoms with Gasteiger partial charge in [-0.15, -0.1) is 0 Å². The van der Waals surface area contributed by atoms with E-state index >= 15 is 0 Å². The van der Waals surface area contributed by atoms with Crippen molar-refractivity contribution >= 4 is 17.7 Å². The summed E-state index contributed by atoms with van der Waals surface area (Å²) in [5.74, 6) is 0.525. The minimum atomic E-state index is -0.935. The van der Waals surface area contributed by atoms with Crippen LogP contribution in [0.2, 0.25) is 0 Å². The molecule has 2 amide bonds. The van der Waals surface area contributed by atoms with E-state index in [4.69, 9.17) is 4.74 Å². The van der Waals surface area contributed by atoms with Crippen LogP contribution in [0.4, 0.5) is 10.5 Å². The molecule has 6 rings (SSSR count). The van der Waals surface area contributed by atoms with Gasteiger partial charge < -0.3 is 25.2 Å². The van der Waals surface area contributed by atoms with Crippen molar-refractivity contribution in [1.82, 2.24) is 9.80 Å². The summed E-state index contributed by atoms with van der Waals surface area (Å²) >= 11 is 0. The second-order valence-electron chi connectivity index (χ2n) is 9.97. The molecule has 2 bridgehead atoms. The van der Waals surface area contributed by atoms with Crippen LogP contribution < -0.4 is 10.1 Å². The van der Waals surface area contributed by atoms with E-state index < -0.39 is 12.1 Å². The van der Waals surface area contributed by atoms with Crippen LogP contribution in [0.3, 0.4) is 0 Å². The van der Waals surface area contributed by atoms with Crippen LogP contribution in [0.15, 0.2) is 78.9 Å². The molecule has 3 aromatic carbocycles. The Labute approximate surface area is 222 Å². The summed E-state index contributed by atoms with van der Waals surface area (Å²) in [6.45, 7) is 2.55. The Morgan fingerprint density at radius 1 is 0.974 bits per heavy atom. The monoisotopic (exact) mass is 515 g/mol. The van der Waals surface area contributed by atoms with E-state index in [0.717, 1.165) is 49.2 Å². The van der Waals surface area contributed by atoms with Crippen LogP contribution in [-0.4, -0.2) is 64.3 Å². The summed E-state index contributed by atoms with van der Waals surface area (Å²) in [5.41, 5.74) is 3.07. The van der Waals surface area contributed by atoms with Gasteiger partial charge in [-0.2, -0.15) is 0 Å². The average Bonchev–Trinajstić information content (AvgIpc) is 2.96. The van der Waals surface area contributed by atoms with Crippen molar-refractivity contribution in [3.05, 3.63) is 95.6 Å². The highest BCUT2D eigenvalue weighted by Gasteiger charge is 2.43. The third-order valence-electron chi connectivity index (χ3n) is 7.56. The van der Waals surface area contributed by atoms with Gasteiger partial charge in [-0.1, -0.05) is 54.6 Å². The Bertz CT molecular complexity index is 1240. The maximum atomic E-state index is 12.8. The highest BCUT2D eigenvalue weighted by atomic mass is 16.5. The zero-order chi connectivity index (χ0) is 26.5. The van der Waals surface area contributed by atoms with Gasteiger partial charge in [-0.05, 0) is 72.8 Å². The molecule has 8 heteroatoms. The summed E-state index contributed by atoms with van der Waals surface area (Å²) in [6.07, 6.45) is 1.09. The first kappa shape index (κ1) is 25.8. The Kier molecular flexibility index (Phi) is 7.91. The predicted octanol–water partition coefficient (Wildman–Crippen LogP) is 4.36. The molecule has 38 heavy (non-hydrogen) atoms. The van der Waals surface area contributed by atoms with E-state index in [1.165, 1.54) is 0 Å². The minimum absolute atomic E-state index is 0.0589. The Morgan fingerprint density at radius 3 is 2.32 bits per heavy atom. The first-order valence-corrected chi connectivity index (χ1v) is 13.0.